The van der Waals surface area contributed by atoms with Gasteiger partial charge in [0, 0.05) is 29.9 Å². The highest BCUT2D eigenvalue weighted by molar-refractivity contribution is 8.00. The van der Waals surface area contributed by atoms with Gasteiger partial charge in [-0.25, -0.2) is 0 Å². The fourth-order valence-corrected chi connectivity index (χ4v) is 3.83. The van der Waals surface area contributed by atoms with Crippen molar-refractivity contribution >= 4 is 23.4 Å². The predicted octanol–water partition coefficient (Wildman–Crippen LogP) is 3.40. The number of amides is 1. The second-order valence-corrected chi connectivity index (χ2v) is 6.68. The van der Waals surface area contributed by atoms with Gasteiger partial charge in [0.05, 0.1) is 5.56 Å². The molecular formula is C15H22N2OS. The van der Waals surface area contributed by atoms with Crippen LogP contribution in [0, 0.1) is 0 Å². The third-order valence-electron chi connectivity index (χ3n) is 3.49. The second-order valence-electron chi connectivity index (χ2n) is 5.33. The fraction of sp³-hybridized carbons (Fsp3) is 0.533. The van der Waals surface area contributed by atoms with Crippen molar-refractivity contribution < 1.29 is 4.79 Å². The van der Waals surface area contributed by atoms with Crippen LogP contribution in [0.5, 0.6) is 0 Å². The fourth-order valence-electron chi connectivity index (χ4n) is 2.42. The summed E-state index contributed by atoms with van der Waals surface area (Å²) in [5.74, 6) is 0.0540. The van der Waals surface area contributed by atoms with E-state index in [9.17, 15) is 4.79 Å². The normalized spacial score (nSPS) is 16.3. The molecule has 3 nitrogen and oxygen atoms in total. The standard InChI is InChI=1S/C15H22N2OS/c1-17(2)15(18)13-9-8-11(16)10-14(13)19-12-6-4-3-5-7-12/h8-10,12H,3-7,16H2,1-2H3. The molecule has 2 rings (SSSR count). The highest BCUT2D eigenvalue weighted by Crippen LogP contribution is 2.36. The Labute approximate surface area is 119 Å². The number of hydrogen-bond donors (Lipinski definition) is 1. The number of nitrogen functional groups attached to an aromatic ring is 1. The number of carbonyl (C=O) groups excluding carboxylic acids is 1. The van der Waals surface area contributed by atoms with Crippen LogP contribution < -0.4 is 5.73 Å². The molecule has 1 aliphatic rings. The van der Waals surface area contributed by atoms with E-state index in [0.717, 1.165) is 16.1 Å². The van der Waals surface area contributed by atoms with Crippen LogP contribution in [-0.4, -0.2) is 30.2 Å². The predicted molar refractivity (Wildman–Crippen MR) is 81.6 cm³/mol. The summed E-state index contributed by atoms with van der Waals surface area (Å²) in [6.07, 6.45) is 6.44. The lowest BCUT2D eigenvalue weighted by molar-refractivity contribution is 0.0824. The maximum atomic E-state index is 12.2. The van der Waals surface area contributed by atoms with E-state index >= 15 is 0 Å². The number of rotatable bonds is 3. The quantitative estimate of drug-likeness (QED) is 0.862. The number of nitrogens with two attached hydrogens (primary N) is 1. The molecule has 1 aromatic carbocycles. The summed E-state index contributed by atoms with van der Waals surface area (Å²) in [7, 11) is 3.57. The SMILES string of the molecule is CN(C)C(=O)c1ccc(N)cc1SC1CCCCC1. The van der Waals surface area contributed by atoms with Crippen LogP contribution in [0.15, 0.2) is 23.1 Å². The summed E-state index contributed by atoms with van der Waals surface area (Å²) >= 11 is 1.82. The van der Waals surface area contributed by atoms with Crippen LogP contribution in [0.2, 0.25) is 0 Å². The van der Waals surface area contributed by atoms with E-state index in [0.29, 0.717) is 5.25 Å². The minimum absolute atomic E-state index is 0.0540. The van der Waals surface area contributed by atoms with Gasteiger partial charge in [-0.3, -0.25) is 4.79 Å². The lowest BCUT2D eigenvalue weighted by Gasteiger charge is -2.22. The number of benzene rings is 1. The van der Waals surface area contributed by atoms with Gasteiger partial charge >= 0.3 is 0 Å². The molecule has 0 spiro atoms. The second kappa shape index (κ2) is 6.33. The third-order valence-corrected chi connectivity index (χ3v) is 4.88. The van der Waals surface area contributed by atoms with Crippen molar-refractivity contribution in [2.75, 3.05) is 19.8 Å². The average molecular weight is 278 g/mol. The molecule has 1 aliphatic carbocycles. The van der Waals surface area contributed by atoms with Crippen LogP contribution in [0.4, 0.5) is 5.69 Å². The van der Waals surface area contributed by atoms with E-state index < -0.39 is 0 Å². The zero-order chi connectivity index (χ0) is 13.8. The van der Waals surface area contributed by atoms with Gasteiger partial charge in [0.15, 0.2) is 0 Å². The van der Waals surface area contributed by atoms with Gasteiger partial charge in [0.2, 0.25) is 0 Å². The van der Waals surface area contributed by atoms with Crippen LogP contribution >= 0.6 is 11.8 Å². The Morgan fingerprint density at radius 1 is 1.26 bits per heavy atom. The van der Waals surface area contributed by atoms with Gasteiger partial charge in [0.25, 0.3) is 5.91 Å². The van der Waals surface area contributed by atoms with Gasteiger partial charge < -0.3 is 10.6 Å². The summed E-state index contributed by atoms with van der Waals surface area (Å²) in [4.78, 5) is 14.8. The van der Waals surface area contributed by atoms with Crippen molar-refractivity contribution in [3.05, 3.63) is 23.8 Å². The summed E-state index contributed by atoms with van der Waals surface area (Å²) in [5, 5.41) is 0.629. The van der Waals surface area contributed by atoms with Crippen LogP contribution in [0.3, 0.4) is 0 Å². The first kappa shape index (κ1) is 14.3. The molecule has 1 aromatic rings. The van der Waals surface area contributed by atoms with Crippen molar-refractivity contribution in [3.63, 3.8) is 0 Å². The van der Waals surface area contributed by atoms with Crippen LogP contribution in [0.25, 0.3) is 0 Å². The summed E-state index contributed by atoms with van der Waals surface area (Å²) < 4.78 is 0. The largest absolute Gasteiger partial charge is 0.399 e. The van der Waals surface area contributed by atoms with Crippen molar-refractivity contribution in [2.45, 2.75) is 42.2 Å². The van der Waals surface area contributed by atoms with Crippen molar-refractivity contribution in [1.82, 2.24) is 4.90 Å². The molecule has 1 amide bonds. The van der Waals surface area contributed by atoms with Crippen molar-refractivity contribution in [3.8, 4) is 0 Å². The molecule has 19 heavy (non-hydrogen) atoms. The molecule has 0 aliphatic heterocycles. The summed E-state index contributed by atoms with van der Waals surface area (Å²) in [6, 6.07) is 5.60. The highest BCUT2D eigenvalue weighted by atomic mass is 32.2. The molecule has 0 unspecified atom stereocenters. The zero-order valence-corrected chi connectivity index (χ0v) is 12.5. The first-order valence-corrected chi connectivity index (χ1v) is 7.73. The topological polar surface area (TPSA) is 46.3 Å². The summed E-state index contributed by atoms with van der Waals surface area (Å²) in [6.45, 7) is 0. The number of anilines is 1. The molecule has 0 bridgehead atoms. The average Bonchev–Trinajstić information content (AvgIpc) is 2.39. The molecule has 0 heterocycles. The van der Waals surface area contributed by atoms with Gasteiger partial charge in [-0.1, -0.05) is 19.3 Å². The Hall–Kier alpha value is -1.16. The van der Waals surface area contributed by atoms with E-state index in [-0.39, 0.29) is 5.91 Å². The Balaban J connectivity index is 2.21. The Morgan fingerprint density at radius 3 is 2.58 bits per heavy atom. The smallest absolute Gasteiger partial charge is 0.254 e. The Bertz CT molecular complexity index is 453. The molecule has 0 radical (unpaired) electrons. The van der Waals surface area contributed by atoms with Gasteiger partial charge in [-0.2, -0.15) is 0 Å². The molecule has 0 atom stereocenters. The zero-order valence-electron chi connectivity index (χ0n) is 11.7. The van der Waals surface area contributed by atoms with E-state index in [1.54, 1.807) is 19.0 Å². The number of carbonyl (C=O) groups is 1. The number of hydrogen-bond acceptors (Lipinski definition) is 3. The highest BCUT2D eigenvalue weighted by Gasteiger charge is 2.19. The Kier molecular flexibility index (Phi) is 4.75. The minimum Gasteiger partial charge on any atom is -0.399 e. The van der Waals surface area contributed by atoms with E-state index in [1.165, 1.54) is 32.1 Å². The Morgan fingerprint density at radius 2 is 1.95 bits per heavy atom. The minimum atomic E-state index is 0.0540. The maximum absolute atomic E-state index is 12.2. The lowest BCUT2D eigenvalue weighted by atomic mass is 10.0. The molecule has 104 valence electrons. The number of thioether (sulfide) groups is 1. The van der Waals surface area contributed by atoms with E-state index in [2.05, 4.69) is 0 Å². The molecule has 0 aromatic heterocycles. The van der Waals surface area contributed by atoms with E-state index in [4.69, 9.17) is 5.73 Å². The number of nitrogens with zero attached hydrogens (tertiary/aromatic N) is 1. The van der Waals surface area contributed by atoms with Crippen molar-refractivity contribution in [2.24, 2.45) is 0 Å². The molecule has 0 saturated heterocycles. The molecular weight excluding hydrogens is 256 g/mol. The van der Waals surface area contributed by atoms with E-state index in [1.807, 2.05) is 30.0 Å². The maximum Gasteiger partial charge on any atom is 0.254 e. The first-order chi connectivity index (χ1) is 9.08. The van der Waals surface area contributed by atoms with Gasteiger partial charge in [-0.05, 0) is 31.0 Å². The van der Waals surface area contributed by atoms with Gasteiger partial charge in [0.1, 0.15) is 0 Å². The first-order valence-electron chi connectivity index (χ1n) is 6.86. The van der Waals surface area contributed by atoms with Crippen LogP contribution in [0.1, 0.15) is 42.5 Å². The van der Waals surface area contributed by atoms with Gasteiger partial charge in [-0.15, -0.1) is 11.8 Å². The lowest BCUT2D eigenvalue weighted by Crippen LogP contribution is -2.22. The van der Waals surface area contributed by atoms with Crippen LogP contribution in [-0.2, 0) is 0 Å². The van der Waals surface area contributed by atoms with Crippen molar-refractivity contribution in [1.29, 1.82) is 0 Å². The molecule has 4 heteroatoms. The monoisotopic (exact) mass is 278 g/mol. The molecule has 1 fully saturated rings. The third kappa shape index (κ3) is 3.66. The molecule has 2 N–H and O–H groups in total. The molecule has 1 saturated carbocycles. The summed E-state index contributed by atoms with van der Waals surface area (Å²) in [5.41, 5.74) is 7.37.